The lowest BCUT2D eigenvalue weighted by Gasteiger charge is -2.34. The standard InChI is InChI=1S/C23H24N4O7S/c1-4-33-18-9-10-19(20(12-18)27(29)30)24-23(28)21-11-16-7-5-6-8-17(16)13-26(21)35(31,32)22-14(2)25-34-15(22)3/h5-10,12,21H,4,11,13H2,1-3H3,(H,24,28). The fraction of sp³-hybridized carbons (Fsp3) is 0.304. The van der Waals surface area contributed by atoms with Crippen LogP contribution in [0.4, 0.5) is 11.4 Å². The number of nitro groups is 1. The molecule has 0 fully saturated rings. The number of ether oxygens (including phenoxy) is 1. The number of amides is 1. The lowest BCUT2D eigenvalue weighted by Crippen LogP contribution is -2.50. The van der Waals surface area contributed by atoms with E-state index in [0.29, 0.717) is 6.61 Å². The molecule has 1 aromatic heterocycles. The molecule has 1 amide bonds. The van der Waals surface area contributed by atoms with Gasteiger partial charge in [-0.05, 0) is 50.5 Å². The van der Waals surface area contributed by atoms with E-state index in [1.54, 1.807) is 19.1 Å². The maximum absolute atomic E-state index is 13.7. The maximum atomic E-state index is 13.7. The van der Waals surface area contributed by atoms with Crippen molar-refractivity contribution < 1.29 is 27.4 Å². The summed E-state index contributed by atoms with van der Waals surface area (Å²) in [5.41, 5.74) is 1.35. The monoisotopic (exact) mass is 500 g/mol. The number of anilines is 1. The molecule has 1 atom stereocenters. The first-order valence-corrected chi connectivity index (χ1v) is 12.3. The van der Waals surface area contributed by atoms with Crippen LogP contribution in [-0.2, 0) is 27.8 Å². The minimum atomic E-state index is -4.19. The molecule has 1 unspecified atom stereocenters. The fourth-order valence-corrected chi connectivity index (χ4v) is 6.04. The van der Waals surface area contributed by atoms with Crippen molar-refractivity contribution in [3.63, 3.8) is 0 Å². The molecule has 12 heteroatoms. The molecule has 3 aromatic rings. The van der Waals surface area contributed by atoms with Gasteiger partial charge in [0.1, 0.15) is 28.1 Å². The molecule has 2 heterocycles. The third-order valence-corrected chi connectivity index (χ3v) is 7.88. The smallest absolute Gasteiger partial charge is 0.296 e. The number of aromatic nitrogens is 1. The Bertz CT molecular complexity index is 1380. The summed E-state index contributed by atoms with van der Waals surface area (Å²) in [4.78, 5) is 24.3. The van der Waals surface area contributed by atoms with Crippen molar-refractivity contribution in [3.8, 4) is 5.75 Å². The molecular formula is C23H24N4O7S. The number of benzene rings is 2. The van der Waals surface area contributed by atoms with Gasteiger partial charge in [0.15, 0.2) is 5.76 Å². The van der Waals surface area contributed by atoms with Gasteiger partial charge in [0.2, 0.25) is 15.9 Å². The molecule has 0 saturated heterocycles. The van der Waals surface area contributed by atoms with Crippen LogP contribution in [0.3, 0.4) is 0 Å². The number of sulfonamides is 1. The van der Waals surface area contributed by atoms with E-state index in [9.17, 15) is 23.3 Å². The van der Waals surface area contributed by atoms with E-state index in [1.807, 2.05) is 12.1 Å². The second kappa shape index (κ2) is 9.47. The molecule has 35 heavy (non-hydrogen) atoms. The van der Waals surface area contributed by atoms with E-state index < -0.39 is 26.9 Å². The van der Waals surface area contributed by atoms with Crippen LogP contribution in [0.2, 0.25) is 0 Å². The number of nitrogens with zero attached hydrogens (tertiary/aromatic N) is 3. The molecule has 0 aliphatic carbocycles. The Hall–Kier alpha value is -3.77. The van der Waals surface area contributed by atoms with E-state index in [1.165, 1.54) is 32.0 Å². The topological polar surface area (TPSA) is 145 Å². The van der Waals surface area contributed by atoms with Crippen LogP contribution in [0.1, 0.15) is 29.5 Å². The first-order valence-electron chi connectivity index (χ1n) is 10.9. The summed E-state index contributed by atoms with van der Waals surface area (Å²) >= 11 is 0. The molecular weight excluding hydrogens is 476 g/mol. The molecule has 0 saturated carbocycles. The van der Waals surface area contributed by atoms with Crippen LogP contribution in [0.25, 0.3) is 0 Å². The zero-order valence-electron chi connectivity index (χ0n) is 19.3. The van der Waals surface area contributed by atoms with Crippen LogP contribution in [0, 0.1) is 24.0 Å². The fourth-order valence-electron chi connectivity index (χ4n) is 4.18. The lowest BCUT2D eigenvalue weighted by molar-refractivity contribution is -0.384. The summed E-state index contributed by atoms with van der Waals surface area (Å²) in [5.74, 6) is -0.295. The van der Waals surface area contributed by atoms with E-state index in [0.717, 1.165) is 15.4 Å². The number of fused-ring (bicyclic) bond motifs is 1. The Balaban J connectivity index is 1.74. The third kappa shape index (κ3) is 4.62. The number of aryl methyl sites for hydroxylation is 2. The van der Waals surface area contributed by atoms with Crippen LogP contribution >= 0.6 is 0 Å². The van der Waals surface area contributed by atoms with Gasteiger partial charge in [0.25, 0.3) is 5.69 Å². The van der Waals surface area contributed by atoms with Gasteiger partial charge in [-0.2, -0.15) is 4.31 Å². The third-order valence-electron chi connectivity index (χ3n) is 5.78. The molecule has 4 rings (SSSR count). The number of hydrogen-bond donors (Lipinski definition) is 1. The van der Waals surface area contributed by atoms with Crippen molar-refractivity contribution in [2.75, 3.05) is 11.9 Å². The molecule has 1 aliphatic rings. The second-order valence-electron chi connectivity index (χ2n) is 8.05. The van der Waals surface area contributed by atoms with Gasteiger partial charge in [-0.25, -0.2) is 8.42 Å². The highest BCUT2D eigenvalue weighted by atomic mass is 32.2. The van der Waals surface area contributed by atoms with Crippen molar-refractivity contribution >= 4 is 27.3 Å². The molecule has 184 valence electrons. The largest absolute Gasteiger partial charge is 0.494 e. The summed E-state index contributed by atoms with van der Waals surface area (Å²) in [6, 6.07) is 10.2. The Morgan fingerprint density at radius 2 is 1.97 bits per heavy atom. The predicted molar refractivity (Wildman–Crippen MR) is 126 cm³/mol. The van der Waals surface area contributed by atoms with E-state index in [-0.39, 0.29) is 46.4 Å². The summed E-state index contributed by atoms with van der Waals surface area (Å²) < 4.78 is 38.8. The second-order valence-corrected chi connectivity index (χ2v) is 9.88. The van der Waals surface area contributed by atoms with Crippen molar-refractivity contribution in [3.05, 3.63) is 75.2 Å². The summed E-state index contributed by atoms with van der Waals surface area (Å²) in [6.07, 6.45) is 0.0927. The van der Waals surface area contributed by atoms with Crippen LogP contribution in [0.15, 0.2) is 51.9 Å². The highest BCUT2D eigenvalue weighted by Crippen LogP contribution is 2.34. The number of rotatable bonds is 7. The quantitative estimate of drug-likeness (QED) is 0.384. The zero-order chi connectivity index (χ0) is 25.3. The lowest BCUT2D eigenvalue weighted by atomic mass is 9.95. The predicted octanol–water partition coefficient (Wildman–Crippen LogP) is 3.35. The summed E-state index contributed by atoms with van der Waals surface area (Å²) in [5, 5.41) is 17.9. The minimum absolute atomic E-state index is 0.0496. The average Bonchev–Trinajstić information content (AvgIpc) is 3.17. The highest BCUT2D eigenvalue weighted by Gasteiger charge is 2.42. The molecule has 0 spiro atoms. The van der Waals surface area contributed by atoms with Crippen LogP contribution in [0.5, 0.6) is 5.75 Å². The van der Waals surface area contributed by atoms with E-state index in [4.69, 9.17) is 9.26 Å². The Labute approximate surface area is 201 Å². The van der Waals surface area contributed by atoms with E-state index in [2.05, 4.69) is 10.5 Å². The summed E-state index contributed by atoms with van der Waals surface area (Å²) in [7, 11) is -4.19. The van der Waals surface area contributed by atoms with Gasteiger partial charge < -0.3 is 14.6 Å². The molecule has 1 N–H and O–H groups in total. The van der Waals surface area contributed by atoms with E-state index >= 15 is 0 Å². The van der Waals surface area contributed by atoms with Gasteiger partial charge in [-0.15, -0.1) is 0 Å². The normalized spacial score (nSPS) is 15.9. The van der Waals surface area contributed by atoms with Gasteiger partial charge in [-0.1, -0.05) is 29.4 Å². The first kappa shape index (κ1) is 24.4. The first-order chi connectivity index (χ1) is 16.6. The van der Waals surface area contributed by atoms with Crippen LogP contribution < -0.4 is 10.1 Å². The van der Waals surface area contributed by atoms with Crippen molar-refractivity contribution in [1.82, 2.24) is 9.46 Å². The molecule has 2 aromatic carbocycles. The molecule has 0 bridgehead atoms. The average molecular weight is 501 g/mol. The van der Waals surface area contributed by atoms with Gasteiger partial charge in [0, 0.05) is 6.54 Å². The molecule has 1 aliphatic heterocycles. The molecule has 11 nitrogen and oxygen atoms in total. The zero-order valence-corrected chi connectivity index (χ0v) is 20.2. The van der Waals surface area contributed by atoms with Crippen molar-refractivity contribution in [1.29, 1.82) is 0 Å². The maximum Gasteiger partial charge on any atom is 0.296 e. The Kier molecular flexibility index (Phi) is 6.59. The van der Waals surface area contributed by atoms with Gasteiger partial charge >= 0.3 is 0 Å². The highest BCUT2D eigenvalue weighted by molar-refractivity contribution is 7.89. The minimum Gasteiger partial charge on any atom is -0.494 e. The number of hydrogen-bond acceptors (Lipinski definition) is 8. The Morgan fingerprint density at radius 1 is 1.26 bits per heavy atom. The summed E-state index contributed by atoms with van der Waals surface area (Å²) in [6.45, 7) is 5.02. The van der Waals surface area contributed by atoms with Crippen molar-refractivity contribution in [2.45, 2.75) is 44.7 Å². The molecule has 0 radical (unpaired) electrons. The SMILES string of the molecule is CCOc1ccc(NC(=O)C2Cc3ccccc3CN2S(=O)(=O)c2c(C)noc2C)c([N+](=O)[O-])c1. The number of carbonyl (C=O) groups excluding carboxylic acids is 1. The van der Waals surface area contributed by atoms with Crippen LogP contribution in [-0.4, -0.2) is 41.4 Å². The number of nitrogens with one attached hydrogen (secondary N) is 1. The number of carbonyl (C=O) groups is 1. The van der Waals surface area contributed by atoms with Gasteiger partial charge in [-0.3, -0.25) is 14.9 Å². The van der Waals surface area contributed by atoms with Gasteiger partial charge in [0.05, 0.1) is 17.6 Å². The van der Waals surface area contributed by atoms with Crippen molar-refractivity contribution in [2.24, 2.45) is 0 Å². The Morgan fingerprint density at radius 3 is 2.60 bits per heavy atom. The number of nitro benzene ring substituents is 1.